The molecule has 1 aliphatic heterocycles. The van der Waals surface area contributed by atoms with E-state index in [1.54, 1.807) is 11.8 Å². The number of anilines is 1. The van der Waals surface area contributed by atoms with Crippen molar-refractivity contribution < 1.29 is 37.4 Å². The van der Waals surface area contributed by atoms with Crippen molar-refractivity contribution in [2.75, 3.05) is 31.1 Å². The molecule has 2 aromatic carbocycles. The molecule has 0 aromatic heterocycles. The zero-order chi connectivity index (χ0) is 25.2. The highest BCUT2D eigenvalue weighted by atomic mass is 32.5. The van der Waals surface area contributed by atoms with Gasteiger partial charge in [0.15, 0.2) is 0 Å². The number of amides is 1. The maximum atomic E-state index is 13.4. The van der Waals surface area contributed by atoms with Gasteiger partial charge in [0.25, 0.3) is 0 Å². The van der Waals surface area contributed by atoms with Crippen LogP contribution in [0.4, 0.5) is 38.3 Å². The highest BCUT2D eigenvalue weighted by molar-refractivity contribution is 8.45. The minimum Gasteiger partial charge on any atom is -0.367 e. The zero-order valence-electron chi connectivity index (χ0n) is 18.0. The molecule has 2 aliphatic rings. The van der Waals surface area contributed by atoms with Gasteiger partial charge in [-0.15, -0.1) is 0 Å². The first-order valence-electron chi connectivity index (χ1n) is 10.5. The summed E-state index contributed by atoms with van der Waals surface area (Å²) in [6.45, 7) is 2.31. The molecular formula is C22H22F8N2OS. The fourth-order valence-electron chi connectivity index (χ4n) is 4.37. The van der Waals surface area contributed by atoms with Gasteiger partial charge in [0, 0.05) is 37.8 Å². The van der Waals surface area contributed by atoms with Crippen molar-refractivity contribution in [2.45, 2.75) is 30.3 Å². The summed E-state index contributed by atoms with van der Waals surface area (Å²) in [6.07, 6.45) is -4.29. The molecule has 0 unspecified atom stereocenters. The Hall–Kier alpha value is -2.50. The smallest absolute Gasteiger partial charge is 0.367 e. The predicted molar refractivity (Wildman–Crippen MR) is 114 cm³/mol. The Morgan fingerprint density at radius 1 is 0.941 bits per heavy atom. The van der Waals surface area contributed by atoms with E-state index >= 15 is 0 Å². The average Bonchev–Trinajstić information content (AvgIpc) is 3.52. The van der Waals surface area contributed by atoms with E-state index in [1.165, 1.54) is 23.1 Å². The monoisotopic (exact) mass is 514 g/mol. The highest BCUT2D eigenvalue weighted by Crippen LogP contribution is 3.02. The summed E-state index contributed by atoms with van der Waals surface area (Å²) in [4.78, 5) is 13.9. The van der Waals surface area contributed by atoms with Gasteiger partial charge in [0.2, 0.25) is 5.91 Å². The van der Waals surface area contributed by atoms with Crippen molar-refractivity contribution >= 4 is 21.8 Å². The molecule has 0 spiro atoms. The van der Waals surface area contributed by atoms with E-state index < -0.39 is 38.7 Å². The molecule has 0 N–H and O–H groups in total. The maximum absolute atomic E-state index is 13.4. The first-order chi connectivity index (χ1) is 15.4. The number of rotatable bonds is 4. The topological polar surface area (TPSA) is 23.6 Å². The third kappa shape index (κ3) is 5.11. The molecule has 0 bridgehead atoms. The van der Waals surface area contributed by atoms with Gasteiger partial charge in [-0.2, -0.15) is 13.2 Å². The molecule has 1 saturated heterocycles. The second kappa shape index (κ2) is 7.25. The first kappa shape index (κ1) is 24.6. The summed E-state index contributed by atoms with van der Waals surface area (Å²) in [5, 5.41) is 0. The lowest BCUT2D eigenvalue weighted by molar-refractivity contribution is -0.137. The molecular weight excluding hydrogens is 492 g/mol. The van der Waals surface area contributed by atoms with E-state index in [-0.39, 0.29) is 49.8 Å². The summed E-state index contributed by atoms with van der Waals surface area (Å²) in [7, 11) is -9.82. The molecule has 2 atom stereocenters. The molecule has 12 heteroatoms. The van der Waals surface area contributed by atoms with Crippen LogP contribution in [0.3, 0.4) is 0 Å². The number of alkyl halides is 3. The van der Waals surface area contributed by atoms with Gasteiger partial charge in [0.1, 0.15) is 4.90 Å². The highest BCUT2D eigenvalue weighted by Gasteiger charge is 2.65. The van der Waals surface area contributed by atoms with Crippen LogP contribution in [0.1, 0.15) is 29.0 Å². The van der Waals surface area contributed by atoms with Crippen molar-refractivity contribution in [3.05, 3.63) is 59.2 Å². The Balaban J connectivity index is 1.43. The van der Waals surface area contributed by atoms with Crippen molar-refractivity contribution in [2.24, 2.45) is 5.92 Å². The summed E-state index contributed by atoms with van der Waals surface area (Å²) in [6, 6.07) is 6.78. The first-order valence-corrected chi connectivity index (χ1v) is 12.4. The standard InChI is InChI=1S/C22H22F8N2OS/c1-14-5-6-19(22(23,24)25)20(11-14)31-7-9-32(10-8-31)21(33)18-13-17(18)15-3-2-4-16(12-15)34(26,27,28,29)30/h2-6,11-12,17-18H,7-10,13H2,1H3/t17-,18-/m1/s1. The van der Waals surface area contributed by atoms with Crippen LogP contribution < -0.4 is 4.90 Å². The van der Waals surface area contributed by atoms with Crippen LogP contribution in [0, 0.1) is 12.8 Å². The van der Waals surface area contributed by atoms with Crippen molar-refractivity contribution in [1.29, 1.82) is 0 Å². The minimum atomic E-state index is -9.82. The number of halogens is 8. The van der Waals surface area contributed by atoms with E-state index in [9.17, 15) is 37.4 Å². The minimum absolute atomic E-state index is 0.0253. The summed E-state index contributed by atoms with van der Waals surface area (Å²) < 4.78 is 106. The second-order valence-electron chi connectivity index (χ2n) is 8.82. The number of carbonyl (C=O) groups excluding carboxylic acids is 1. The number of nitrogens with zero attached hydrogens (tertiary/aromatic N) is 2. The van der Waals surface area contributed by atoms with Crippen LogP contribution in [0.25, 0.3) is 0 Å². The van der Waals surface area contributed by atoms with Crippen molar-refractivity contribution in [3.63, 3.8) is 0 Å². The predicted octanol–water partition coefficient (Wildman–Crippen LogP) is 7.12. The van der Waals surface area contributed by atoms with E-state index in [1.807, 2.05) is 0 Å². The Kier molecular flexibility index (Phi) is 5.25. The Morgan fingerprint density at radius 3 is 2.18 bits per heavy atom. The molecule has 1 amide bonds. The molecule has 2 aromatic rings. The molecule has 1 heterocycles. The van der Waals surface area contributed by atoms with Crippen LogP contribution in [-0.2, 0) is 11.0 Å². The van der Waals surface area contributed by atoms with Crippen LogP contribution in [-0.4, -0.2) is 37.0 Å². The van der Waals surface area contributed by atoms with E-state index in [2.05, 4.69) is 0 Å². The second-order valence-corrected chi connectivity index (χ2v) is 11.2. The Labute approximate surface area is 191 Å². The van der Waals surface area contributed by atoms with Gasteiger partial charge < -0.3 is 9.80 Å². The number of piperazine rings is 1. The summed E-state index contributed by atoms with van der Waals surface area (Å²) >= 11 is 0. The van der Waals surface area contributed by atoms with Gasteiger partial charge in [-0.3, -0.25) is 4.79 Å². The summed E-state index contributed by atoms with van der Waals surface area (Å²) in [5.74, 6) is -1.56. The lowest BCUT2D eigenvalue weighted by Crippen LogP contribution is -2.49. The van der Waals surface area contributed by atoms with Crippen LogP contribution in [0.2, 0.25) is 0 Å². The van der Waals surface area contributed by atoms with Crippen LogP contribution in [0.15, 0.2) is 47.4 Å². The Bertz CT molecular complexity index is 1130. The van der Waals surface area contributed by atoms with E-state index in [0.29, 0.717) is 17.7 Å². The number of hydrogen-bond donors (Lipinski definition) is 0. The van der Waals surface area contributed by atoms with E-state index in [4.69, 9.17) is 0 Å². The number of aryl methyl sites for hydroxylation is 1. The quantitative estimate of drug-likeness (QED) is 0.406. The molecule has 0 radical (unpaired) electrons. The molecule has 4 rings (SSSR count). The third-order valence-electron chi connectivity index (χ3n) is 6.23. The lowest BCUT2D eigenvalue weighted by Gasteiger charge is -2.40. The largest absolute Gasteiger partial charge is 0.418 e. The van der Waals surface area contributed by atoms with Crippen molar-refractivity contribution in [3.8, 4) is 0 Å². The average molecular weight is 514 g/mol. The van der Waals surface area contributed by atoms with Gasteiger partial charge in [-0.05, 0) is 54.7 Å². The zero-order valence-corrected chi connectivity index (χ0v) is 18.8. The lowest BCUT2D eigenvalue weighted by atomic mass is 10.1. The molecule has 2 fully saturated rings. The SMILES string of the molecule is Cc1ccc(C(F)(F)F)c(N2CCN(C(=O)[C@@H]3C[C@@H]3c3cccc(S(F)(F)(F)(F)F)c3)CC2)c1. The van der Waals surface area contributed by atoms with Crippen molar-refractivity contribution in [1.82, 2.24) is 4.90 Å². The number of benzene rings is 2. The van der Waals surface area contributed by atoms with Gasteiger partial charge >= 0.3 is 16.4 Å². The van der Waals surface area contributed by atoms with Gasteiger partial charge in [-0.25, -0.2) is 0 Å². The van der Waals surface area contributed by atoms with E-state index in [0.717, 1.165) is 12.1 Å². The molecule has 1 aliphatic carbocycles. The molecule has 3 nitrogen and oxygen atoms in total. The fourth-order valence-corrected chi connectivity index (χ4v) is 5.06. The molecule has 34 heavy (non-hydrogen) atoms. The number of carbonyl (C=O) groups is 1. The van der Waals surface area contributed by atoms with Crippen LogP contribution >= 0.6 is 10.2 Å². The van der Waals surface area contributed by atoms with Crippen LogP contribution in [0.5, 0.6) is 0 Å². The fraction of sp³-hybridized carbons (Fsp3) is 0.409. The maximum Gasteiger partial charge on any atom is 0.418 e. The normalized spacial score (nSPS) is 23.3. The van der Waals surface area contributed by atoms with Gasteiger partial charge in [0.05, 0.1) is 5.56 Å². The molecule has 1 saturated carbocycles. The molecule has 188 valence electrons. The summed E-state index contributed by atoms with van der Waals surface area (Å²) in [5.41, 5.74) is -0.0332. The third-order valence-corrected chi connectivity index (χ3v) is 7.37. The Morgan fingerprint density at radius 2 is 1.59 bits per heavy atom. The number of hydrogen-bond acceptors (Lipinski definition) is 2. The van der Waals surface area contributed by atoms with Gasteiger partial charge in [-0.1, -0.05) is 37.6 Å².